The highest BCUT2D eigenvalue weighted by Gasteiger charge is 2.72. The summed E-state index contributed by atoms with van der Waals surface area (Å²) in [7, 11) is 0. The zero-order valence-electron chi connectivity index (χ0n) is 14.7. The minimum absolute atomic E-state index is 0.409. The van der Waals surface area contributed by atoms with Crippen LogP contribution in [0.25, 0.3) is 0 Å². The molecule has 4 fully saturated rings. The number of aliphatic hydroxyl groups is 1. The summed E-state index contributed by atoms with van der Waals surface area (Å²) in [6, 6.07) is 0. The topological polar surface area (TPSA) is 20.2 Å². The first-order valence-electron chi connectivity index (χ1n) is 9.37. The zero-order valence-corrected chi connectivity index (χ0v) is 14.7. The predicted molar refractivity (Wildman–Crippen MR) is 86.9 cm³/mol. The second kappa shape index (κ2) is 3.89. The van der Waals surface area contributed by atoms with Gasteiger partial charge in [-0.05, 0) is 91.8 Å². The molecule has 0 amide bonds. The molecule has 7 atom stereocenters. The summed E-state index contributed by atoms with van der Waals surface area (Å²) >= 11 is 0. The Hall–Kier alpha value is -0.0400. The summed E-state index contributed by atoms with van der Waals surface area (Å²) in [5, 5.41) is 11.1. The Kier molecular flexibility index (Phi) is 2.69. The van der Waals surface area contributed by atoms with Crippen molar-refractivity contribution in [3.8, 4) is 0 Å². The molecule has 1 unspecified atom stereocenters. The first-order valence-corrected chi connectivity index (χ1v) is 9.37. The molecule has 4 aliphatic rings. The largest absolute Gasteiger partial charge is 0.390 e. The molecule has 1 N–H and O–H groups in total. The maximum Gasteiger partial charge on any atom is 0.0651 e. The van der Waals surface area contributed by atoms with E-state index in [2.05, 4.69) is 34.6 Å². The molecule has 0 aliphatic heterocycles. The van der Waals surface area contributed by atoms with Crippen molar-refractivity contribution in [2.24, 2.45) is 39.9 Å². The summed E-state index contributed by atoms with van der Waals surface area (Å²) in [6.45, 7) is 12.4. The summed E-state index contributed by atoms with van der Waals surface area (Å²) < 4.78 is 0. The Morgan fingerprint density at radius 3 is 2.33 bits per heavy atom. The summed E-state index contributed by atoms with van der Waals surface area (Å²) in [6.07, 6.45) is 9.22. The average molecular weight is 290 g/mol. The van der Waals surface area contributed by atoms with E-state index in [-0.39, 0.29) is 0 Å². The van der Waals surface area contributed by atoms with Crippen LogP contribution in [0.5, 0.6) is 0 Å². The van der Waals surface area contributed by atoms with Crippen molar-refractivity contribution in [3.05, 3.63) is 0 Å². The third-order valence-corrected chi connectivity index (χ3v) is 9.34. The lowest BCUT2D eigenvalue weighted by molar-refractivity contribution is -0.252. The molecule has 1 nitrogen and oxygen atoms in total. The van der Waals surface area contributed by atoms with Crippen molar-refractivity contribution in [1.82, 2.24) is 0 Å². The standard InChI is InChI=1S/C20H34O/c1-13-6-7-14-12-18(4)9-8-15-16(18)20(13,17(14,2)3)11-10-19(15,5)21/h13-16,21H,6-12H2,1-5H3/t13-,14+,15+,16?,18+,19+,20-/m1/s1. The SMILES string of the molecule is C[C@@H]1CC[C@H]2C[C@]3(C)CC[C@H]4C3[C@]1(CC[C@]4(C)O)C2(C)C. The second-order valence-electron chi connectivity index (χ2n) is 10.3. The molecule has 21 heavy (non-hydrogen) atoms. The average Bonchev–Trinajstić information content (AvgIpc) is 2.72. The van der Waals surface area contributed by atoms with Crippen molar-refractivity contribution in [1.29, 1.82) is 0 Å². The number of fused-ring (bicyclic) bond motifs is 1. The van der Waals surface area contributed by atoms with Crippen molar-refractivity contribution in [2.75, 3.05) is 0 Å². The van der Waals surface area contributed by atoms with Gasteiger partial charge in [-0.15, -0.1) is 0 Å². The Labute approximate surface area is 130 Å². The molecule has 4 saturated carbocycles. The fraction of sp³-hybridized carbons (Fsp3) is 1.00. The molecule has 0 aromatic heterocycles. The van der Waals surface area contributed by atoms with E-state index in [4.69, 9.17) is 0 Å². The molecule has 0 heterocycles. The van der Waals surface area contributed by atoms with Gasteiger partial charge in [-0.3, -0.25) is 0 Å². The monoisotopic (exact) mass is 290 g/mol. The highest BCUT2D eigenvalue weighted by molar-refractivity contribution is 5.21. The molecule has 0 aromatic carbocycles. The van der Waals surface area contributed by atoms with Gasteiger partial charge in [0, 0.05) is 0 Å². The summed E-state index contributed by atoms with van der Waals surface area (Å²) in [4.78, 5) is 0. The van der Waals surface area contributed by atoms with Crippen LogP contribution in [0.4, 0.5) is 0 Å². The fourth-order valence-electron chi connectivity index (χ4n) is 8.25. The Morgan fingerprint density at radius 2 is 1.62 bits per heavy atom. The molecule has 1 spiro atoms. The van der Waals surface area contributed by atoms with E-state index in [0.29, 0.717) is 22.2 Å². The summed E-state index contributed by atoms with van der Waals surface area (Å²) in [5.41, 5.74) is 1.05. The Morgan fingerprint density at radius 1 is 0.905 bits per heavy atom. The molecular formula is C20H34O. The first-order chi connectivity index (χ1) is 9.65. The molecule has 4 aliphatic carbocycles. The fourth-order valence-corrected chi connectivity index (χ4v) is 8.25. The quantitative estimate of drug-likeness (QED) is 0.663. The molecule has 0 aromatic rings. The lowest BCUT2D eigenvalue weighted by atomic mass is 9.33. The Bertz CT molecular complexity index is 464. The first kappa shape index (κ1) is 14.5. The van der Waals surface area contributed by atoms with Gasteiger partial charge in [0.15, 0.2) is 0 Å². The highest BCUT2D eigenvalue weighted by Crippen LogP contribution is 2.78. The van der Waals surface area contributed by atoms with Crippen LogP contribution < -0.4 is 0 Å². The maximum absolute atomic E-state index is 11.1. The van der Waals surface area contributed by atoms with Gasteiger partial charge in [0.05, 0.1) is 5.60 Å². The third-order valence-electron chi connectivity index (χ3n) is 9.34. The van der Waals surface area contributed by atoms with E-state index >= 15 is 0 Å². The van der Waals surface area contributed by atoms with Crippen molar-refractivity contribution < 1.29 is 5.11 Å². The van der Waals surface area contributed by atoms with E-state index in [9.17, 15) is 5.11 Å². The van der Waals surface area contributed by atoms with E-state index in [1.54, 1.807) is 0 Å². The van der Waals surface area contributed by atoms with Crippen LogP contribution >= 0.6 is 0 Å². The van der Waals surface area contributed by atoms with Crippen LogP contribution in [0, 0.1) is 39.9 Å². The van der Waals surface area contributed by atoms with Crippen LogP contribution in [-0.2, 0) is 0 Å². The van der Waals surface area contributed by atoms with Crippen LogP contribution in [0.2, 0.25) is 0 Å². The summed E-state index contributed by atoms with van der Waals surface area (Å²) in [5.74, 6) is 3.06. The van der Waals surface area contributed by atoms with Crippen LogP contribution in [0.1, 0.15) is 79.6 Å². The lowest BCUT2D eigenvalue weighted by Gasteiger charge is -2.72. The van der Waals surface area contributed by atoms with Gasteiger partial charge in [0.1, 0.15) is 0 Å². The van der Waals surface area contributed by atoms with Crippen LogP contribution in [0.15, 0.2) is 0 Å². The van der Waals surface area contributed by atoms with E-state index < -0.39 is 5.60 Å². The lowest BCUT2D eigenvalue weighted by Crippen LogP contribution is -2.67. The van der Waals surface area contributed by atoms with Crippen molar-refractivity contribution >= 4 is 0 Å². The molecule has 1 heteroatoms. The normalized spacial score (nSPS) is 61.4. The molecule has 0 saturated heterocycles. The number of rotatable bonds is 0. The van der Waals surface area contributed by atoms with Gasteiger partial charge in [-0.25, -0.2) is 0 Å². The molecule has 4 rings (SSSR count). The van der Waals surface area contributed by atoms with Gasteiger partial charge in [0.25, 0.3) is 0 Å². The van der Waals surface area contributed by atoms with Gasteiger partial charge in [0.2, 0.25) is 0 Å². The van der Waals surface area contributed by atoms with Gasteiger partial charge >= 0.3 is 0 Å². The van der Waals surface area contributed by atoms with Crippen molar-refractivity contribution in [2.45, 2.75) is 85.2 Å². The highest BCUT2D eigenvalue weighted by atomic mass is 16.3. The number of hydrogen-bond donors (Lipinski definition) is 1. The van der Waals surface area contributed by atoms with Crippen LogP contribution in [0.3, 0.4) is 0 Å². The zero-order chi connectivity index (χ0) is 15.3. The molecule has 2 bridgehead atoms. The third kappa shape index (κ3) is 1.48. The predicted octanol–water partition coefficient (Wildman–Crippen LogP) is 5.03. The maximum atomic E-state index is 11.1. The molecular weight excluding hydrogens is 256 g/mol. The molecule has 0 radical (unpaired) electrons. The van der Waals surface area contributed by atoms with Gasteiger partial charge < -0.3 is 5.11 Å². The van der Waals surface area contributed by atoms with E-state index in [1.165, 1.54) is 38.5 Å². The molecule has 120 valence electrons. The van der Waals surface area contributed by atoms with Gasteiger partial charge in [-0.2, -0.15) is 0 Å². The van der Waals surface area contributed by atoms with E-state index in [1.807, 2.05) is 0 Å². The van der Waals surface area contributed by atoms with E-state index in [0.717, 1.165) is 24.2 Å². The minimum atomic E-state index is -0.409. The smallest absolute Gasteiger partial charge is 0.0651 e. The van der Waals surface area contributed by atoms with Crippen LogP contribution in [-0.4, -0.2) is 10.7 Å². The number of hydrogen-bond acceptors (Lipinski definition) is 1. The van der Waals surface area contributed by atoms with Gasteiger partial charge in [-0.1, -0.05) is 27.7 Å². The minimum Gasteiger partial charge on any atom is -0.390 e. The Balaban J connectivity index is 1.91. The second-order valence-corrected chi connectivity index (χ2v) is 10.3. The van der Waals surface area contributed by atoms with Crippen molar-refractivity contribution in [3.63, 3.8) is 0 Å².